The van der Waals surface area contributed by atoms with Crippen LogP contribution in [-0.2, 0) is 9.59 Å². The largest absolute Gasteiger partial charge is 0.346 e. The van der Waals surface area contributed by atoms with E-state index in [0.717, 1.165) is 42.7 Å². The first-order valence-corrected chi connectivity index (χ1v) is 8.37. The Balaban J connectivity index is 1.82. The van der Waals surface area contributed by atoms with Gasteiger partial charge >= 0.3 is 0 Å². The summed E-state index contributed by atoms with van der Waals surface area (Å²) in [4.78, 5) is 26.5. The predicted molar refractivity (Wildman–Crippen MR) is 92.4 cm³/mol. The summed E-state index contributed by atoms with van der Waals surface area (Å²) in [6.45, 7) is 7.75. The topological polar surface area (TPSA) is 61.4 Å². The van der Waals surface area contributed by atoms with Crippen molar-refractivity contribution >= 4 is 17.5 Å². The van der Waals surface area contributed by atoms with Gasteiger partial charge in [-0.25, -0.2) is 0 Å². The lowest BCUT2D eigenvalue weighted by Crippen LogP contribution is -2.48. The highest BCUT2D eigenvalue weighted by Gasteiger charge is 2.23. The second-order valence-electron chi connectivity index (χ2n) is 6.31. The van der Waals surface area contributed by atoms with E-state index in [-0.39, 0.29) is 24.4 Å². The standard InChI is InChI=1S/C18H27N3O2/c1-13-8-7-9-14(2)17(13)20-16(22)12-19-18(23)15(3)21-10-5-4-6-11-21/h7-9,15H,4-6,10-12H2,1-3H3,(H,19,23)(H,20,22). The van der Waals surface area contributed by atoms with Crippen molar-refractivity contribution in [1.82, 2.24) is 10.2 Å². The molecule has 23 heavy (non-hydrogen) atoms. The van der Waals surface area contributed by atoms with E-state index in [1.54, 1.807) is 0 Å². The number of carbonyl (C=O) groups excluding carboxylic acids is 2. The molecule has 1 fully saturated rings. The van der Waals surface area contributed by atoms with Crippen LogP contribution in [-0.4, -0.2) is 42.4 Å². The first-order valence-electron chi connectivity index (χ1n) is 8.37. The van der Waals surface area contributed by atoms with Crippen molar-refractivity contribution in [1.29, 1.82) is 0 Å². The van der Waals surface area contributed by atoms with Crippen molar-refractivity contribution in [3.8, 4) is 0 Å². The van der Waals surface area contributed by atoms with Gasteiger partial charge in [-0.15, -0.1) is 0 Å². The Kier molecular flexibility index (Phi) is 6.16. The number of amides is 2. The number of nitrogens with one attached hydrogen (secondary N) is 2. The molecule has 0 spiro atoms. The van der Waals surface area contributed by atoms with E-state index in [9.17, 15) is 9.59 Å². The van der Waals surface area contributed by atoms with Crippen LogP contribution in [0.2, 0.25) is 0 Å². The predicted octanol–water partition coefficient (Wildman–Crippen LogP) is 2.23. The molecular weight excluding hydrogens is 290 g/mol. The summed E-state index contributed by atoms with van der Waals surface area (Å²) in [6.07, 6.45) is 3.53. The number of aryl methyl sites for hydroxylation is 2. The van der Waals surface area contributed by atoms with E-state index >= 15 is 0 Å². The molecule has 0 bridgehead atoms. The molecule has 5 nitrogen and oxygen atoms in total. The minimum Gasteiger partial charge on any atom is -0.346 e. The number of hydrogen-bond donors (Lipinski definition) is 2. The minimum atomic E-state index is -0.193. The Labute approximate surface area is 138 Å². The smallest absolute Gasteiger partial charge is 0.243 e. The second kappa shape index (κ2) is 8.11. The van der Waals surface area contributed by atoms with Crippen LogP contribution in [0.1, 0.15) is 37.3 Å². The van der Waals surface area contributed by atoms with Gasteiger partial charge in [0.15, 0.2) is 0 Å². The summed E-state index contributed by atoms with van der Waals surface area (Å²) in [5.41, 5.74) is 2.87. The number of piperidine rings is 1. The fraction of sp³-hybridized carbons (Fsp3) is 0.556. The maximum Gasteiger partial charge on any atom is 0.243 e. The van der Waals surface area contributed by atoms with Crippen LogP contribution >= 0.6 is 0 Å². The molecule has 2 amide bonds. The molecule has 1 aromatic rings. The van der Waals surface area contributed by atoms with Gasteiger partial charge in [0.2, 0.25) is 11.8 Å². The van der Waals surface area contributed by atoms with Crippen molar-refractivity contribution in [2.24, 2.45) is 0 Å². The molecule has 1 aromatic carbocycles. The van der Waals surface area contributed by atoms with Gasteiger partial charge in [0.1, 0.15) is 0 Å². The molecular formula is C18H27N3O2. The average Bonchev–Trinajstić information content (AvgIpc) is 2.56. The lowest BCUT2D eigenvalue weighted by atomic mass is 10.1. The fourth-order valence-electron chi connectivity index (χ4n) is 2.98. The monoisotopic (exact) mass is 317 g/mol. The molecule has 0 saturated carbocycles. The Morgan fingerprint density at radius 2 is 1.74 bits per heavy atom. The van der Waals surface area contributed by atoms with Gasteiger partial charge < -0.3 is 10.6 Å². The van der Waals surface area contributed by atoms with Gasteiger partial charge in [-0.05, 0) is 57.8 Å². The molecule has 0 radical (unpaired) electrons. The highest BCUT2D eigenvalue weighted by molar-refractivity contribution is 5.96. The van der Waals surface area contributed by atoms with Gasteiger partial charge in [0.25, 0.3) is 0 Å². The third kappa shape index (κ3) is 4.79. The first-order chi connectivity index (χ1) is 11.0. The van der Waals surface area contributed by atoms with Gasteiger partial charge in [-0.1, -0.05) is 24.6 Å². The van der Waals surface area contributed by atoms with Crippen molar-refractivity contribution < 1.29 is 9.59 Å². The number of hydrogen-bond acceptors (Lipinski definition) is 3. The zero-order valence-corrected chi connectivity index (χ0v) is 14.3. The van der Waals surface area contributed by atoms with Crippen molar-refractivity contribution in [3.05, 3.63) is 29.3 Å². The third-order valence-electron chi connectivity index (χ3n) is 4.49. The average molecular weight is 317 g/mol. The highest BCUT2D eigenvalue weighted by atomic mass is 16.2. The van der Waals surface area contributed by atoms with E-state index in [2.05, 4.69) is 15.5 Å². The van der Waals surface area contributed by atoms with Gasteiger partial charge in [0.05, 0.1) is 12.6 Å². The van der Waals surface area contributed by atoms with E-state index in [0.29, 0.717) is 0 Å². The van der Waals surface area contributed by atoms with Crippen LogP contribution in [0.5, 0.6) is 0 Å². The Bertz CT molecular complexity index is 545. The van der Waals surface area contributed by atoms with E-state index in [4.69, 9.17) is 0 Å². The molecule has 1 aliphatic rings. The summed E-state index contributed by atoms with van der Waals surface area (Å²) in [7, 11) is 0. The summed E-state index contributed by atoms with van der Waals surface area (Å²) >= 11 is 0. The zero-order valence-electron chi connectivity index (χ0n) is 14.3. The third-order valence-corrected chi connectivity index (χ3v) is 4.49. The number of para-hydroxylation sites is 1. The van der Waals surface area contributed by atoms with Gasteiger partial charge in [-0.3, -0.25) is 14.5 Å². The molecule has 1 unspecified atom stereocenters. The Hall–Kier alpha value is -1.88. The molecule has 2 rings (SSSR count). The van der Waals surface area contributed by atoms with Gasteiger partial charge in [0, 0.05) is 5.69 Å². The lowest BCUT2D eigenvalue weighted by molar-refractivity contribution is -0.128. The van der Waals surface area contributed by atoms with E-state index in [1.165, 1.54) is 6.42 Å². The molecule has 2 N–H and O–H groups in total. The number of rotatable bonds is 5. The zero-order chi connectivity index (χ0) is 16.8. The van der Waals surface area contributed by atoms with Crippen molar-refractivity contribution in [3.63, 3.8) is 0 Å². The van der Waals surface area contributed by atoms with E-state index < -0.39 is 0 Å². The van der Waals surface area contributed by atoms with Crippen LogP contribution in [0, 0.1) is 13.8 Å². The molecule has 1 atom stereocenters. The van der Waals surface area contributed by atoms with Crippen LogP contribution in [0.3, 0.4) is 0 Å². The van der Waals surface area contributed by atoms with Crippen molar-refractivity contribution in [2.75, 3.05) is 25.0 Å². The summed E-state index contributed by atoms with van der Waals surface area (Å²) < 4.78 is 0. The van der Waals surface area contributed by atoms with Crippen LogP contribution in [0.15, 0.2) is 18.2 Å². The molecule has 126 valence electrons. The SMILES string of the molecule is Cc1cccc(C)c1NC(=O)CNC(=O)C(C)N1CCCCC1. The second-order valence-corrected chi connectivity index (χ2v) is 6.31. The van der Waals surface area contributed by atoms with Crippen LogP contribution in [0.4, 0.5) is 5.69 Å². The highest BCUT2D eigenvalue weighted by Crippen LogP contribution is 2.19. The number of carbonyl (C=O) groups is 2. The lowest BCUT2D eigenvalue weighted by Gasteiger charge is -2.31. The quantitative estimate of drug-likeness (QED) is 0.875. The van der Waals surface area contributed by atoms with Crippen LogP contribution in [0.25, 0.3) is 0 Å². The Morgan fingerprint density at radius 3 is 2.35 bits per heavy atom. The van der Waals surface area contributed by atoms with E-state index in [1.807, 2.05) is 39.0 Å². The maximum absolute atomic E-state index is 12.2. The summed E-state index contributed by atoms with van der Waals surface area (Å²) in [6, 6.07) is 5.70. The normalized spacial score (nSPS) is 16.7. The summed E-state index contributed by atoms with van der Waals surface area (Å²) in [5.74, 6) is -0.273. The van der Waals surface area contributed by atoms with Gasteiger partial charge in [-0.2, -0.15) is 0 Å². The molecule has 1 saturated heterocycles. The number of nitrogens with zero attached hydrogens (tertiary/aromatic N) is 1. The number of benzene rings is 1. The minimum absolute atomic E-state index is 0.00475. The summed E-state index contributed by atoms with van der Waals surface area (Å²) in [5, 5.41) is 5.63. The number of likely N-dealkylation sites (tertiary alicyclic amines) is 1. The maximum atomic E-state index is 12.2. The Morgan fingerprint density at radius 1 is 1.13 bits per heavy atom. The number of anilines is 1. The molecule has 0 aromatic heterocycles. The fourth-order valence-corrected chi connectivity index (χ4v) is 2.98. The van der Waals surface area contributed by atoms with Crippen molar-refractivity contribution in [2.45, 2.75) is 46.1 Å². The molecule has 5 heteroatoms. The molecule has 0 aliphatic carbocycles. The molecule has 1 aliphatic heterocycles. The van der Waals surface area contributed by atoms with Crippen LogP contribution < -0.4 is 10.6 Å². The first kappa shape index (κ1) is 17.5. The molecule has 1 heterocycles.